The molecule has 5 heteroatoms. The Labute approximate surface area is 295 Å². The maximum atomic E-state index is 6.60. The zero-order valence-corrected chi connectivity index (χ0v) is 34.6. The van der Waals surface area contributed by atoms with E-state index in [1.165, 1.54) is 25.7 Å². The third-order valence-corrected chi connectivity index (χ3v) is 9.84. The van der Waals surface area contributed by atoms with E-state index in [9.17, 15) is 0 Å². The minimum Gasteiger partial charge on any atom is -0.378 e. The molecule has 0 rings (SSSR count). The highest BCUT2D eigenvalue weighted by molar-refractivity contribution is 4.71. The molecule has 0 N–H and O–H groups in total. The number of rotatable bonds is 30. The average molecular weight is 671 g/mol. The SMILES string of the molecule is CC(C)CC(COCC(COCC(COCC(CC(C)C)C(C)C)OCC(CC(C)C)C(C)C)OCC(CC(C)C)C(C)C)C(C)C. The van der Waals surface area contributed by atoms with Gasteiger partial charge in [0, 0.05) is 13.2 Å². The molecule has 0 aliphatic carbocycles. The van der Waals surface area contributed by atoms with E-state index in [-0.39, 0.29) is 12.2 Å². The molecule has 0 amide bonds. The fourth-order valence-corrected chi connectivity index (χ4v) is 6.39. The summed E-state index contributed by atoms with van der Waals surface area (Å²) < 4.78 is 32.4. The van der Waals surface area contributed by atoms with Crippen molar-refractivity contribution in [3.63, 3.8) is 0 Å². The van der Waals surface area contributed by atoms with E-state index in [2.05, 4.69) is 111 Å². The fraction of sp³-hybridized carbons (Fsp3) is 1.00. The molecule has 0 aromatic rings. The second-order valence-corrected chi connectivity index (χ2v) is 18.1. The van der Waals surface area contributed by atoms with Crippen LogP contribution in [-0.4, -0.2) is 65.1 Å². The second-order valence-electron chi connectivity index (χ2n) is 18.1. The molecule has 47 heavy (non-hydrogen) atoms. The van der Waals surface area contributed by atoms with Gasteiger partial charge in [0.1, 0.15) is 12.2 Å². The van der Waals surface area contributed by atoms with E-state index in [1.807, 2.05) is 0 Å². The van der Waals surface area contributed by atoms with Crippen LogP contribution in [-0.2, 0) is 23.7 Å². The van der Waals surface area contributed by atoms with Gasteiger partial charge in [-0.15, -0.1) is 0 Å². The van der Waals surface area contributed by atoms with Crippen molar-refractivity contribution in [1.82, 2.24) is 0 Å². The highest BCUT2D eigenvalue weighted by Gasteiger charge is 2.23. The van der Waals surface area contributed by atoms with Gasteiger partial charge in [0.05, 0.1) is 39.6 Å². The van der Waals surface area contributed by atoms with E-state index < -0.39 is 0 Å². The molecule has 5 nitrogen and oxygen atoms in total. The summed E-state index contributed by atoms with van der Waals surface area (Å²) >= 11 is 0. The van der Waals surface area contributed by atoms with E-state index >= 15 is 0 Å². The molecule has 0 saturated carbocycles. The Hall–Kier alpha value is -0.200. The summed E-state index contributed by atoms with van der Waals surface area (Å²) in [7, 11) is 0. The van der Waals surface area contributed by atoms with Crippen LogP contribution < -0.4 is 0 Å². The average Bonchev–Trinajstić information content (AvgIpc) is 2.94. The summed E-state index contributed by atoms with van der Waals surface area (Å²) in [5.41, 5.74) is 0. The molecule has 284 valence electrons. The van der Waals surface area contributed by atoms with Gasteiger partial charge >= 0.3 is 0 Å². The van der Waals surface area contributed by atoms with Crippen LogP contribution in [0.4, 0.5) is 0 Å². The number of hydrogen-bond acceptors (Lipinski definition) is 5. The lowest BCUT2D eigenvalue weighted by atomic mass is 9.88. The molecule has 0 aliphatic rings. The molecule has 0 saturated heterocycles. The standard InChI is InChI=1S/C42H86O5/c1-29(2)17-37(33(9)10)21-43-25-41(46-23-39(35(13)14)19-31(5)6)27-45-28-42(47-24-40(36(15)16)20-32(7)8)26-44-22-38(34(11)12)18-30(3)4/h29-42H,17-28H2,1-16H3. The molecule has 0 aliphatic heterocycles. The molecule has 0 radical (unpaired) electrons. The van der Waals surface area contributed by atoms with Crippen LogP contribution in [0.1, 0.15) is 136 Å². The minimum atomic E-state index is -0.0995. The highest BCUT2D eigenvalue weighted by atomic mass is 16.6. The largest absolute Gasteiger partial charge is 0.378 e. The minimum absolute atomic E-state index is 0.0995. The van der Waals surface area contributed by atoms with Crippen molar-refractivity contribution in [3.8, 4) is 0 Å². The Morgan fingerprint density at radius 1 is 0.277 bits per heavy atom. The Morgan fingerprint density at radius 2 is 0.489 bits per heavy atom. The third-order valence-electron chi connectivity index (χ3n) is 9.84. The van der Waals surface area contributed by atoms with Crippen LogP contribution in [0.3, 0.4) is 0 Å². The molecule has 6 atom stereocenters. The van der Waals surface area contributed by atoms with Crippen molar-refractivity contribution >= 4 is 0 Å². The Bertz CT molecular complexity index is 643. The molecule has 0 bridgehead atoms. The summed E-state index contributed by atoms with van der Waals surface area (Å²) in [5, 5.41) is 0. The van der Waals surface area contributed by atoms with Crippen LogP contribution in [0, 0.1) is 71.0 Å². The van der Waals surface area contributed by atoms with Crippen LogP contribution in [0.5, 0.6) is 0 Å². The molecule has 0 aromatic carbocycles. The molecule has 0 fully saturated rings. The normalized spacial score (nSPS) is 16.9. The summed E-state index contributed by atoms with van der Waals surface area (Å²) in [4.78, 5) is 0. The molecule has 0 heterocycles. The van der Waals surface area contributed by atoms with Gasteiger partial charge in [-0.05, 0) is 96.7 Å². The molecule has 0 aromatic heterocycles. The van der Waals surface area contributed by atoms with Crippen LogP contribution in [0.2, 0.25) is 0 Å². The van der Waals surface area contributed by atoms with Gasteiger partial charge in [0.25, 0.3) is 0 Å². The van der Waals surface area contributed by atoms with Crippen molar-refractivity contribution in [1.29, 1.82) is 0 Å². The lowest BCUT2D eigenvalue weighted by molar-refractivity contribution is -0.111. The quantitative estimate of drug-likeness (QED) is 0.0761. The van der Waals surface area contributed by atoms with Gasteiger partial charge in [0.2, 0.25) is 0 Å². The maximum absolute atomic E-state index is 6.60. The first-order valence-electron chi connectivity index (χ1n) is 19.9. The monoisotopic (exact) mass is 671 g/mol. The lowest BCUT2D eigenvalue weighted by Crippen LogP contribution is -2.34. The first-order chi connectivity index (χ1) is 21.9. The summed E-state index contributed by atoms with van der Waals surface area (Å²) in [5.74, 6) is 7.17. The van der Waals surface area contributed by atoms with Crippen molar-refractivity contribution in [2.24, 2.45) is 71.0 Å². The first kappa shape index (κ1) is 46.8. The zero-order chi connectivity index (χ0) is 36.1. The van der Waals surface area contributed by atoms with Crippen LogP contribution >= 0.6 is 0 Å². The van der Waals surface area contributed by atoms with Crippen molar-refractivity contribution in [2.75, 3.05) is 52.9 Å². The Kier molecular flexibility index (Phi) is 26.5. The van der Waals surface area contributed by atoms with Crippen molar-refractivity contribution in [2.45, 2.75) is 149 Å². The highest BCUT2D eigenvalue weighted by Crippen LogP contribution is 2.25. The maximum Gasteiger partial charge on any atom is 0.104 e. The first-order valence-corrected chi connectivity index (χ1v) is 19.9. The molecular weight excluding hydrogens is 584 g/mol. The summed E-state index contributed by atoms with van der Waals surface area (Å²) in [6.45, 7) is 42.1. The Balaban J connectivity index is 5.58. The van der Waals surface area contributed by atoms with E-state index in [1.54, 1.807) is 0 Å². The third kappa shape index (κ3) is 24.6. The predicted molar refractivity (Wildman–Crippen MR) is 203 cm³/mol. The van der Waals surface area contributed by atoms with Crippen LogP contribution in [0.15, 0.2) is 0 Å². The van der Waals surface area contributed by atoms with Gasteiger partial charge in [-0.25, -0.2) is 0 Å². The number of ether oxygens (including phenoxy) is 5. The van der Waals surface area contributed by atoms with Gasteiger partial charge in [-0.2, -0.15) is 0 Å². The molecular formula is C42H86O5. The van der Waals surface area contributed by atoms with E-state index in [0.29, 0.717) is 97.4 Å². The fourth-order valence-electron chi connectivity index (χ4n) is 6.39. The van der Waals surface area contributed by atoms with E-state index in [4.69, 9.17) is 23.7 Å². The predicted octanol–water partition coefficient (Wildman–Crippen LogP) is 11.1. The van der Waals surface area contributed by atoms with Gasteiger partial charge in [0.15, 0.2) is 0 Å². The Morgan fingerprint density at radius 3 is 0.702 bits per heavy atom. The summed E-state index contributed by atoms with van der Waals surface area (Å²) in [6, 6.07) is 0. The second kappa shape index (κ2) is 26.6. The van der Waals surface area contributed by atoms with Crippen molar-refractivity contribution < 1.29 is 23.7 Å². The van der Waals surface area contributed by atoms with Crippen LogP contribution in [0.25, 0.3) is 0 Å². The smallest absolute Gasteiger partial charge is 0.104 e. The number of hydrogen-bond donors (Lipinski definition) is 0. The van der Waals surface area contributed by atoms with Gasteiger partial charge in [-0.3, -0.25) is 0 Å². The van der Waals surface area contributed by atoms with Crippen molar-refractivity contribution in [3.05, 3.63) is 0 Å². The van der Waals surface area contributed by atoms with Gasteiger partial charge < -0.3 is 23.7 Å². The summed E-state index contributed by atoms with van der Waals surface area (Å²) in [6.07, 6.45) is 4.52. The topological polar surface area (TPSA) is 46.2 Å². The van der Waals surface area contributed by atoms with E-state index in [0.717, 1.165) is 26.4 Å². The lowest BCUT2D eigenvalue weighted by Gasteiger charge is -2.29. The van der Waals surface area contributed by atoms with Gasteiger partial charge in [-0.1, -0.05) is 111 Å². The molecule has 0 spiro atoms. The molecule has 6 unspecified atom stereocenters. The zero-order valence-electron chi connectivity index (χ0n) is 34.6.